The number of nitrogens with zero attached hydrogens (tertiary/aromatic N) is 1. The van der Waals surface area contributed by atoms with Crippen molar-refractivity contribution in [1.29, 1.82) is 0 Å². The number of fused-ring (bicyclic) bond motifs is 1. The van der Waals surface area contributed by atoms with Crippen molar-refractivity contribution in [2.45, 2.75) is 77.3 Å². The van der Waals surface area contributed by atoms with Gasteiger partial charge >= 0.3 is 0 Å². The van der Waals surface area contributed by atoms with E-state index in [2.05, 4.69) is 18.7 Å². The van der Waals surface area contributed by atoms with Crippen LogP contribution in [-0.2, 0) is 0 Å². The minimum Gasteiger partial charge on any atom is -0.297 e. The molecule has 0 radical (unpaired) electrons. The normalized spacial score (nSPS) is 36.8. The van der Waals surface area contributed by atoms with E-state index in [1.54, 1.807) is 0 Å². The van der Waals surface area contributed by atoms with Crippen molar-refractivity contribution < 1.29 is 0 Å². The lowest BCUT2D eigenvalue weighted by atomic mass is 9.85. The van der Waals surface area contributed by atoms with E-state index in [0.29, 0.717) is 0 Å². The summed E-state index contributed by atoms with van der Waals surface area (Å²) in [4.78, 5) is 2.85. The van der Waals surface area contributed by atoms with Gasteiger partial charge in [-0.05, 0) is 44.6 Å². The molecule has 2 heterocycles. The average Bonchev–Trinajstić information content (AvgIpc) is 2.71. The van der Waals surface area contributed by atoms with Crippen LogP contribution in [-0.4, -0.2) is 23.5 Å². The summed E-state index contributed by atoms with van der Waals surface area (Å²) in [5, 5.41) is 0. The number of rotatable bonds is 4. The molecule has 2 aliphatic rings. The average molecular weight is 209 g/mol. The minimum atomic E-state index is 0.945. The Morgan fingerprint density at radius 3 is 2.80 bits per heavy atom. The summed E-state index contributed by atoms with van der Waals surface area (Å²) in [5.41, 5.74) is 0. The van der Waals surface area contributed by atoms with Crippen molar-refractivity contribution in [3.05, 3.63) is 0 Å². The maximum Gasteiger partial charge on any atom is 0.0124 e. The molecule has 1 nitrogen and oxygen atoms in total. The van der Waals surface area contributed by atoms with Crippen LogP contribution >= 0.6 is 0 Å². The summed E-state index contributed by atoms with van der Waals surface area (Å²) in [5.74, 6) is 0.968. The fraction of sp³-hybridized carbons (Fsp3) is 1.00. The van der Waals surface area contributed by atoms with Crippen molar-refractivity contribution in [2.75, 3.05) is 6.54 Å². The second-order valence-electron chi connectivity index (χ2n) is 5.65. The molecule has 88 valence electrons. The van der Waals surface area contributed by atoms with E-state index in [0.717, 1.165) is 18.0 Å². The lowest BCUT2D eigenvalue weighted by Crippen LogP contribution is -2.46. The molecule has 0 aliphatic carbocycles. The molecular formula is C14H27N. The Hall–Kier alpha value is -0.0400. The Morgan fingerprint density at radius 2 is 2.00 bits per heavy atom. The first-order valence-electron chi connectivity index (χ1n) is 7.08. The highest BCUT2D eigenvalue weighted by atomic mass is 15.2. The number of unbranched alkanes of at least 4 members (excludes halogenated alkanes) is 2. The highest BCUT2D eigenvalue weighted by Crippen LogP contribution is 2.36. The first-order chi connectivity index (χ1) is 7.33. The molecular weight excluding hydrogens is 182 g/mol. The van der Waals surface area contributed by atoms with Crippen molar-refractivity contribution in [3.63, 3.8) is 0 Å². The van der Waals surface area contributed by atoms with Gasteiger partial charge in [-0.2, -0.15) is 0 Å². The molecule has 2 saturated heterocycles. The highest BCUT2D eigenvalue weighted by Gasteiger charge is 2.37. The molecule has 15 heavy (non-hydrogen) atoms. The summed E-state index contributed by atoms with van der Waals surface area (Å²) in [6.45, 7) is 6.17. The maximum atomic E-state index is 2.85. The summed E-state index contributed by atoms with van der Waals surface area (Å²) in [6, 6.07) is 1.89. The van der Waals surface area contributed by atoms with E-state index < -0.39 is 0 Å². The molecule has 0 spiro atoms. The highest BCUT2D eigenvalue weighted by molar-refractivity contribution is 4.92. The molecule has 0 saturated carbocycles. The predicted octanol–water partition coefficient (Wildman–Crippen LogP) is 3.83. The van der Waals surface area contributed by atoms with Gasteiger partial charge in [-0.1, -0.05) is 33.1 Å². The predicted molar refractivity (Wildman–Crippen MR) is 66.1 cm³/mol. The summed E-state index contributed by atoms with van der Waals surface area (Å²) in [7, 11) is 0. The van der Waals surface area contributed by atoms with Crippen LogP contribution in [0.4, 0.5) is 0 Å². The van der Waals surface area contributed by atoms with E-state index >= 15 is 0 Å². The molecule has 0 unspecified atom stereocenters. The first-order valence-corrected chi connectivity index (χ1v) is 7.08. The molecule has 0 aromatic rings. The second kappa shape index (κ2) is 5.34. The molecule has 0 aromatic carbocycles. The van der Waals surface area contributed by atoms with Crippen LogP contribution in [0.3, 0.4) is 0 Å². The van der Waals surface area contributed by atoms with Gasteiger partial charge in [0.1, 0.15) is 0 Å². The standard InChI is InChI=1S/C14H27N/c1-3-4-5-7-13-10-9-12(2)14-8-6-11-15(13)14/h12-14H,3-11H2,1-2H3/t12-,13-,14+/m1/s1. The molecule has 2 fully saturated rings. The molecule has 0 bridgehead atoms. The van der Waals surface area contributed by atoms with Crippen molar-refractivity contribution in [2.24, 2.45) is 5.92 Å². The zero-order chi connectivity index (χ0) is 10.7. The third kappa shape index (κ3) is 2.55. The van der Waals surface area contributed by atoms with E-state index in [4.69, 9.17) is 0 Å². The lowest BCUT2D eigenvalue weighted by molar-refractivity contribution is 0.0751. The molecule has 0 N–H and O–H groups in total. The van der Waals surface area contributed by atoms with E-state index in [-0.39, 0.29) is 0 Å². The molecule has 2 aliphatic heterocycles. The van der Waals surface area contributed by atoms with Gasteiger partial charge in [-0.15, -0.1) is 0 Å². The first kappa shape index (κ1) is 11.4. The van der Waals surface area contributed by atoms with E-state index in [1.807, 2.05) is 0 Å². The Balaban J connectivity index is 1.84. The topological polar surface area (TPSA) is 3.24 Å². The monoisotopic (exact) mass is 209 g/mol. The largest absolute Gasteiger partial charge is 0.297 e. The molecule has 3 atom stereocenters. The SMILES string of the molecule is CCCCC[C@@H]1CC[C@@H](C)[C@@H]2CCCN12. The summed E-state index contributed by atoms with van der Waals surface area (Å²) >= 11 is 0. The quantitative estimate of drug-likeness (QED) is 0.636. The third-order valence-electron chi connectivity index (χ3n) is 4.56. The smallest absolute Gasteiger partial charge is 0.0124 e. The van der Waals surface area contributed by atoms with Crippen LogP contribution in [0.5, 0.6) is 0 Å². The van der Waals surface area contributed by atoms with Gasteiger partial charge in [0, 0.05) is 12.1 Å². The van der Waals surface area contributed by atoms with Crippen molar-refractivity contribution in [1.82, 2.24) is 4.90 Å². The summed E-state index contributed by atoms with van der Waals surface area (Å²) in [6.07, 6.45) is 11.6. The molecule has 0 aromatic heterocycles. The van der Waals surface area contributed by atoms with Gasteiger partial charge in [-0.3, -0.25) is 4.90 Å². The van der Waals surface area contributed by atoms with Crippen LogP contribution in [0.1, 0.15) is 65.2 Å². The van der Waals surface area contributed by atoms with Crippen LogP contribution in [0.25, 0.3) is 0 Å². The third-order valence-corrected chi connectivity index (χ3v) is 4.56. The van der Waals surface area contributed by atoms with Crippen molar-refractivity contribution >= 4 is 0 Å². The van der Waals surface area contributed by atoms with Crippen LogP contribution in [0.15, 0.2) is 0 Å². The number of piperidine rings is 1. The van der Waals surface area contributed by atoms with Crippen LogP contribution in [0, 0.1) is 5.92 Å². The van der Waals surface area contributed by atoms with Crippen LogP contribution < -0.4 is 0 Å². The van der Waals surface area contributed by atoms with Gasteiger partial charge in [0.2, 0.25) is 0 Å². The van der Waals surface area contributed by atoms with E-state index in [9.17, 15) is 0 Å². The Morgan fingerprint density at radius 1 is 1.13 bits per heavy atom. The molecule has 0 amide bonds. The van der Waals surface area contributed by atoms with Gasteiger partial charge in [0.05, 0.1) is 0 Å². The lowest BCUT2D eigenvalue weighted by Gasteiger charge is -2.41. The minimum absolute atomic E-state index is 0.945. The van der Waals surface area contributed by atoms with Crippen molar-refractivity contribution in [3.8, 4) is 0 Å². The van der Waals surface area contributed by atoms with Crippen LogP contribution in [0.2, 0.25) is 0 Å². The van der Waals surface area contributed by atoms with Gasteiger partial charge in [0.15, 0.2) is 0 Å². The Bertz CT molecular complexity index is 190. The Kier molecular flexibility index (Phi) is 4.07. The fourth-order valence-electron chi connectivity index (χ4n) is 3.63. The van der Waals surface area contributed by atoms with Gasteiger partial charge in [0.25, 0.3) is 0 Å². The van der Waals surface area contributed by atoms with Gasteiger partial charge < -0.3 is 0 Å². The zero-order valence-corrected chi connectivity index (χ0v) is 10.5. The fourth-order valence-corrected chi connectivity index (χ4v) is 3.63. The Labute approximate surface area is 95.2 Å². The van der Waals surface area contributed by atoms with E-state index in [1.165, 1.54) is 57.9 Å². The molecule has 1 heteroatoms. The second-order valence-corrected chi connectivity index (χ2v) is 5.65. The summed E-state index contributed by atoms with van der Waals surface area (Å²) < 4.78 is 0. The number of hydrogen-bond acceptors (Lipinski definition) is 1. The van der Waals surface area contributed by atoms with Gasteiger partial charge in [-0.25, -0.2) is 0 Å². The zero-order valence-electron chi connectivity index (χ0n) is 10.5. The number of hydrogen-bond donors (Lipinski definition) is 0. The molecule has 2 rings (SSSR count). The maximum absolute atomic E-state index is 2.85.